The van der Waals surface area contributed by atoms with Crippen molar-refractivity contribution in [3.8, 4) is 0 Å². The second-order valence-corrected chi connectivity index (χ2v) is 5.59. The van der Waals surface area contributed by atoms with Gasteiger partial charge in [0.05, 0.1) is 0 Å². The second kappa shape index (κ2) is 7.20. The van der Waals surface area contributed by atoms with Crippen molar-refractivity contribution in [3.63, 3.8) is 0 Å². The molecule has 0 bridgehead atoms. The zero-order valence-corrected chi connectivity index (χ0v) is 11.8. The van der Waals surface area contributed by atoms with Crippen LogP contribution >= 0.6 is 18.8 Å². The van der Waals surface area contributed by atoms with Gasteiger partial charge in [0.15, 0.2) is 0 Å². The zero-order chi connectivity index (χ0) is 11.1. The highest BCUT2D eigenvalue weighted by molar-refractivity contribution is 7.39. The third-order valence-corrected chi connectivity index (χ3v) is 3.15. The largest absolute Gasteiger partial charge is 0.341 e. The molecule has 0 aromatic heterocycles. The molecule has 0 aliphatic heterocycles. The summed E-state index contributed by atoms with van der Waals surface area (Å²) in [7, 11) is 5.27. The van der Waals surface area contributed by atoms with Crippen molar-refractivity contribution in [2.45, 2.75) is 39.0 Å². The maximum atomic E-state index is 2.64. The van der Waals surface area contributed by atoms with Gasteiger partial charge in [-0.15, -0.1) is 0 Å². The number of rotatable bonds is 6. The maximum Gasteiger partial charge on any atom is 0.0423 e. The second-order valence-electron chi connectivity index (χ2n) is 3.88. The monoisotopic (exact) mass is 241 g/mol. The molecular weight excluding hydrogens is 220 g/mol. The summed E-state index contributed by atoms with van der Waals surface area (Å²) >= 11 is 0. The van der Waals surface area contributed by atoms with E-state index in [1.165, 1.54) is 43.4 Å². The predicted octanol–water partition coefficient (Wildman–Crippen LogP) is 4.20. The summed E-state index contributed by atoms with van der Waals surface area (Å²) in [5.74, 6) is 0. The van der Waals surface area contributed by atoms with Crippen molar-refractivity contribution >= 4 is 24.5 Å². The Morgan fingerprint density at radius 1 is 1.00 bits per heavy atom. The molecule has 0 aliphatic rings. The first-order valence-corrected chi connectivity index (χ1v) is 6.65. The SMILES string of the molecule is CCCCCCc1ccc(N(P)P)cc1. The van der Waals surface area contributed by atoms with Gasteiger partial charge in [-0.05, 0) is 49.3 Å². The standard InChI is InChI=1S/C12H21NP2/c1-2-3-4-5-6-11-7-9-12(10-8-11)13(14)15/h7-10H,2-6,14-15H2,1H3. The van der Waals surface area contributed by atoms with Crippen LogP contribution in [-0.4, -0.2) is 0 Å². The van der Waals surface area contributed by atoms with Gasteiger partial charge in [0, 0.05) is 5.69 Å². The van der Waals surface area contributed by atoms with Crippen LogP contribution in [-0.2, 0) is 6.42 Å². The van der Waals surface area contributed by atoms with Gasteiger partial charge in [0.2, 0.25) is 0 Å². The third kappa shape index (κ3) is 4.96. The van der Waals surface area contributed by atoms with Crippen LogP contribution in [0.1, 0.15) is 38.2 Å². The van der Waals surface area contributed by atoms with Crippen LogP contribution in [0.15, 0.2) is 24.3 Å². The Kier molecular flexibility index (Phi) is 6.22. The number of unbranched alkanes of at least 4 members (excludes halogenated alkanes) is 3. The lowest BCUT2D eigenvalue weighted by atomic mass is 10.1. The average molecular weight is 241 g/mol. The molecule has 1 aromatic carbocycles. The highest BCUT2D eigenvalue weighted by Gasteiger charge is 1.96. The molecule has 0 heterocycles. The predicted molar refractivity (Wildman–Crippen MR) is 76.2 cm³/mol. The van der Waals surface area contributed by atoms with Crippen molar-refractivity contribution < 1.29 is 0 Å². The van der Waals surface area contributed by atoms with E-state index in [1.807, 2.05) is 4.44 Å². The minimum Gasteiger partial charge on any atom is -0.341 e. The first kappa shape index (κ1) is 12.9. The van der Waals surface area contributed by atoms with Crippen molar-refractivity contribution in [2.24, 2.45) is 0 Å². The van der Waals surface area contributed by atoms with E-state index in [0.717, 1.165) is 0 Å². The molecule has 0 spiro atoms. The molecule has 15 heavy (non-hydrogen) atoms. The molecule has 84 valence electrons. The van der Waals surface area contributed by atoms with E-state index in [-0.39, 0.29) is 0 Å². The maximum absolute atomic E-state index is 2.64. The summed E-state index contributed by atoms with van der Waals surface area (Å²) < 4.78 is 1.97. The molecule has 0 amide bonds. The molecule has 0 radical (unpaired) electrons. The summed E-state index contributed by atoms with van der Waals surface area (Å²) in [4.78, 5) is 0. The van der Waals surface area contributed by atoms with Crippen LogP contribution < -0.4 is 4.44 Å². The first-order valence-electron chi connectivity index (χ1n) is 5.62. The van der Waals surface area contributed by atoms with Gasteiger partial charge < -0.3 is 4.44 Å². The average Bonchev–Trinajstić information content (AvgIpc) is 2.25. The highest BCUT2D eigenvalue weighted by Crippen LogP contribution is 2.22. The van der Waals surface area contributed by atoms with E-state index in [2.05, 4.69) is 50.0 Å². The van der Waals surface area contributed by atoms with Crippen LogP contribution in [0.5, 0.6) is 0 Å². The minimum absolute atomic E-state index is 1.21. The molecule has 1 rings (SSSR count). The third-order valence-electron chi connectivity index (χ3n) is 2.55. The topological polar surface area (TPSA) is 3.24 Å². The minimum atomic E-state index is 1.21. The number of benzene rings is 1. The van der Waals surface area contributed by atoms with E-state index in [0.29, 0.717) is 0 Å². The Hall–Kier alpha value is -0.120. The zero-order valence-electron chi connectivity index (χ0n) is 9.45. The lowest BCUT2D eigenvalue weighted by Crippen LogP contribution is -1.91. The first-order chi connectivity index (χ1) is 7.24. The number of anilines is 1. The van der Waals surface area contributed by atoms with Crippen molar-refractivity contribution in [1.82, 2.24) is 0 Å². The molecule has 0 fully saturated rings. The van der Waals surface area contributed by atoms with Crippen LogP contribution in [0.2, 0.25) is 0 Å². The molecule has 0 aliphatic carbocycles. The number of hydrogen-bond donors (Lipinski definition) is 0. The van der Waals surface area contributed by atoms with Crippen molar-refractivity contribution in [2.75, 3.05) is 4.44 Å². The van der Waals surface area contributed by atoms with Gasteiger partial charge in [-0.3, -0.25) is 0 Å². The fraction of sp³-hybridized carbons (Fsp3) is 0.500. The summed E-state index contributed by atoms with van der Waals surface area (Å²) in [6.45, 7) is 2.25. The molecule has 1 nitrogen and oxygen atoms in total. The van der Waals surface area contributed by atoms with E-state index in [9.17, 15) is 0 Å². The molecule has 0 N–H and O–H groups in total. The lowest BCUT2D eigenvalue weighted by molar-refractivity contribution is 0.667. The molecule has 0 saturated heterocycles. The van der Waals surface area contributed by atoms with E-state index in [1.54, 1.807) is 0 Å². The normalized spacial score (nSPS) is 10.3. The summed E-state index contributed by atoms with van der Waals surface area (Å²) in [6, 6.07) is 8.77. The fourth-order valence-electron chi connectivity index (χ4n) is 1.59. The van der Waals surface area contributed by atoms with Crippen molar-refractivity contribution in [3.05, 3.63) is 29.8 Å². The Balaban J connectivity index is 2.36. The van der Waals surface area contributed by atoms with E-state index < -0.39 is 0 Å². The molecule has 1 aromatic rings. The van der Waals surface area contributed by atoms with Gasteiger partial charge >= 0.3 is 0 Å². The Morgan fingerprint density at radius 3 is 2.20 bits per heavy atom. The summed E-state index contributed by atoms with van der Waals surface area (Å²) in [6.07, 6.45) is 6.57. The summed E-state index contributed by atoms with van der Waals surface area (Å²) in [5.41, 5.74) is 2.66. The summed E-state index contributed by atoms with van der Waals surface area (Å²) in [5, 5.41) is 0. The molecule has 0 saturated carbocycles. The van der Waals surface area contributed by atoms with Gasteiger partial charge in [-0.2, -0.15) is 0 Å². The Morgan fingerprint density at radius 2 is 1.67 bits per heavy atom. The van der Waals surface area contributed by atoms with Crippen LogP contribution in [0, 0.1) is 0 Å². The number of hydrogen-bond acceptors (Lipinski definition) is 1. The number of nitrogens with zero attached hydrogens (tertiary/aromatic N) is 1. The highest BCUT2D eigenvalue weighted by atomic mass is 31.1. The van der Waals surface area contributed by atoms with Crippen LogP contribution in [0.3, 0.4) is 0 Å². The number of aryl methyl sites for hydroxylation is 1. The molecule has 3 heteroatoms. The van der Waals surface area contributed by atoms with E-state index in [4.69, 9.17) is 0 Å². The molecular formula is C12H21NP2. The van der Waals surface area contributed by atoms with Gasteiger partial charge in [0.1, 0.15) is 0 Å². The smallest absolute Gasteiger partial charge is 0.0423 e. The Labute approximate surface area is 98.2 Å². The lowest BCUT2D eigenvalue weighted by Gasteiger charge is -2.11. The van der Waals surface area contributed by atoms with Gasteiger partial charge in [-0.1, -0.05) is 38.3 Å². The fourth-order valence-corrected chi connectivity index (χ4v) is 1.93. The quantitative estimate of drug-likeness (QED) is 0.533. The Bertz CT molecular complexity index is 269. The van der Waals surface area contributed by atoms with Gasteiger partial charge in [0.25, 0.3) is 0 Å². The van der Waals surface area contributed by atoms with E-state index >= 15 is 0 Å². The van der Waals surface area contributed by atoms with Gasteiger partial charge in [-0.25, -0.2) is 0 Å². The molecule has 2 unspecified atom stereocenters. The van der Waals surface area contributed by atoms with Crippen molar-refractivity contribution in [1.29, 1.82) is 0 Å². The van der Waals surface area contributed by atoms with Crippen LogP contribution in [0.25, 0.3) is 0 Å². The molecule has 2 atom stereocenters. The van der Waals surface area contributed by atoms with Crippen LogP contribution in [0.4, 0.5) is 5.69 Å².